The van der Waals surface area contributed by atoms with Gasteiger partial charge in [0.2, 0.25) is 11.8 Å². The van der Waals surface area contributed by atoms with Crippen LogP contribution in [0, 0.1) is 5.92 Å². The van der Waals surface area contributed by atoms with E-state index in [2.05, 4.69) is 5.32 Å². The van der Waals surface area contributed by atoms with Crippen LogP contribution in [0.5, 0.6) is 0 Å². The molecule has 1 fully saturated rings. The fraction of sp³-hybridized carbons (Fsp3) is 0.769. The average molecular weight is 270 g/mol. The highest BCUT2D eigenvalue weighted by atomic mass is 16.4. The van der Waals surface area contributed by atoms with Crippen LogP contribution >= 0.6 is 0 Å². The van der Waals surface area contributed by atoms with Crippen molar-refractivity contribution in [3.8, 4) is 0 Å². The molecule has 1 aliphatic rings. The van der Waals surface area contributed by atoms with Gasteiger partial charge in [-0.1, -0.05) is 25.7 Å². The molecule has 1 rings (SSSR count). The van der Waals surface area contributed by atoms with Crippen molar-refractivity contribution in [2.75, 3.05) is 0 Å². The first kappa shape index (κ1) is 15.5. The van der Waals surface area contributed by atoms with E-state index in [1.807, 2.05) is 0 Å². The van der Waals surface area contributed by atoms with Crippen LogP contribution in [0.15, 0.2) is 0 Å². The SMILES string of the molecule is NC(=O)C[C@H](NC(=O)CC1CCCCCC1)C(=O)O. The van der Waals surface area contributed by atoms with Gasteiger partial charge in [-0.3, -0.25) is 9.59 Å². The molecule has 6 nitrogen and oxygen atoms in total. The Balaban J connectivity index is 2.42. The van der Waals surface area contributed by atoms with Crippen LogP contribution in [0.4, 0.5) is 0 Å². The van der Waals surface area contributed by atoms with Gasteiger partial charge in [-0.25, -0.2) is 4.79 Å². The minimum Gasteiger partial charge on any atom is -0.480 e. The van der Waals surface area contributed by atoms with Gasteiger partial charge >= 0.3 is 5.97 Å². The third kappa shape index (κ3) is 6.22. The zero-order valence-electron chi connectivity index (χ0n) is 11.1. The molecule has 2 amide bonds. The van der Waals surface area contributed by atoms with Crippen molar-refractivity contribution in [2.24, 2.45) is 11.7 Å². The molecule has 0 saturated heterocycles. The number of carboxylic acids is 1. The minimum absolute atomic E-state index is 0.305. The van der Waals surface area contributed by atoms with Crippen molar-refractivity contribution in [2.45, 2.75) is 57.4 Å². The van der Waals surface area contributed by atoms with E-state index in [4.69, 9.17) is 10.8 Å². The maximum absolute atomic E-state index is 11.8. The van der Waals surface area contributed by atoms with Gasteiger partial charge in [0.15, 0.2) is 0 Å². The van der Waals surface area contributed by atoms with Crippen molar-refractivity contribution in [3.05, 3.63) is 0 Å². The van der Waals surface area contributed by atoms with Gasteiger partial charge in [0.25, 0.3) is 0 Å². The molecule has 1 aliphatic carbocycles. The van der Waals surface area contributed by atoms with E-state index in [0.717, 1.165) is 25.7 Å². The number of hydrogen-bond donors (Lipinski definition) is 3. The summed E-state index contributed by atoms with van der Waals surface area (Å²) in [5.74, 6) is -1.94. The summed E-state index contributed by atoms with van der Waals surface area (Å²) in [7, 11) is 0. The van der Waals surface area contributed by atoms with Crippen molar-refractivity contribution in [1.29, 1.82) is 0 Å². The fourth-order valence-electron chi connectivity index (χ4n) is 2.48. The first-order valence-electron chi connectivity index (χ1n) is 6.79. The molecule has 0 unspecified atom stereocenters. The van der Waals surface area contributed by atoms with E-state index in [0.29, 0.717) is 12.3 Å². The Morgan fingerprint density at radius 2 is 1.74 bits per heavy atom. The minimum atomic E-state index is -1.23. The largest absolute Gasteiger partial charge is 0.480 e. The number of nitrogens with one attached hydrogen (secondary N) is 1. The number of hydrogen-bond acceptors (Lipinski definition) is 3. The molecule has 0 bridgehead atoms. The van der Waals surface area contributed by atoms with E-state index in [9.17, 15) is 14.4 Å². The number of rotatable bonds is 6. The predicted octanol–water partition coefficient (Wildman–Crippen LogP) is 0.792. The molecular formula is C13H22N2O4. The van der Waals surface area contributed by atoms with Crippen molar-refractivity contribution < 1.29 is 19.5 Å². The van der Waals surface area contributed by atoms with E-state index in [1.54, 1.807) is 0 Å². The van der Waals surface area contributed by atoms with Gasteiger partial charge < -0.3 is 16.2 Å². The summed E-state index contributed by atoms with van der Waals surface area (Å²) in [6, 6.07) is -1.21. The Kier molecular flexibility index (Phi) is 6.32. The van der Waals surface area contributed by atoms with Crippen LogP contribution in [-0.4, -0.2) is 28.9 Å². The van der Waals surface area contributed by atoms with Gasteiger partial charge in [-0.05, 0) is 18.8 Å². The third-order valence-electron chi connectivity index (χ3n) is 3.49. The molecule has 1 saturated carbocycles. The highest BCUT2D eigenvalue weighted by Gasteiger charge is 2.23. The second-order valence-electron chi connectivity index (χ2n) is 5.19. The fourth-order valence-corrected chi connectivity index (χ4v) is 2.48. The monoisotopic (exact) mass is 270 g/mol. The van der Waals surface area contributed by atoms with Crippen LogP contribution in [-0.2, 0) is 14.4 Å². The first-order valence-corrected chi connectivity index (χ1v) is 6.79. The molecule has 0 radical (unpaired) electrons. The molecule has 19 heavy (non-hydrogen) atoms. The highest BCUT2D eigenvalue weighted by Crippen LogP contribution is 2.25. The Hall–Kier alpha value is -1.59. The Labute approximate surface area is 112 Å². The van der Waals surface area contributed by atoms with Crippen LogP contribution in [0.3, 0.4) is 0 Å². The number of carbonyl (C=O) groups excluding carboxylic acids is 2. The number of amides is 2. The van der Waals surface area contributed by atoms with Crippen molar-refractivity contribution in [3.63, 3.8) is 0 Å². The molecule has 0 aromatic rings. The molecule has 6 heteroatoms. The Morgan fingerprint density at radius 3 is 2.21 bits per heavy atom. The standard InChI is InChI=1S/C13H22N2O4/c14-11(16)8-10(13(18)19)15-12(17)7-9-5-3-1-2-4-6-9/h9-10H,1-8H2,(H2,14,16)(H,15,17)(H,18,19)/t10-/m0/s1. The van der Waals surface area contributed by atoms with Crippen molar-refractivity contribution >= 4 is 17.8 Å². The van der Waals surface area contributed by atoms with Gasteiger partial charge in [-0.2, -0.15) is 0 Å². The Bertz CT molecular complexity index is 336. The van der Waals surface area contributed by atoms with Gasteiger partial charge in [-0.15, -0.1) is 0 Å². The zero-order valence-corrected chi connectivity index (χ0v) is 11.1. The second-order valence-corrected chi connectivity index (χ2v) is 5.19. The summed E-state index contributed by atoms with van der Waals surface area (Å²) in [5.41, 5.74) is 4.96. The molecule has 0 aliphatic heterocycles. The van der Waals surface area contributed by atoms with Crippen LogP contribution in [0.25, 0.3) is 0 Å². The lowest BCUT2D eigenvalue weighted by molar-refractivity contribution is -0.143. The number of carbonyl (C=O) groups is 3. The predicted molar refractivity (Wildman–Crippen MR) is 69.2 cm³/mol. The summed E-state index contributed by atoms with van der Waals surface area (Å²) in [4.78, 5) is 33.4. The van der Waals surface area contributed by atoms with Gasteiger partial charge in [0.05, 0.1) is 6.42 Å². The maximum atomic E-state index is 11.8. The molecular weight excluding hydrogens is 248 g/mol. The normalized spacial score (nSPS) is 18.3. The molecule has 0 spiro atoms. The zero-order chi connectivity index (χ0) is 14.3. The van der Waals surface area contributed by atoms with Crippen LogP contribution in [0.1, 0.15) is 51.4 Å². The van der Waals surface area contributed by atoms with E-state index in [-0.39, 0.29) is 12.3 Å². The first-order chi connectivity index (χ1) is 8.99. The summed E-state index contributed by atoms with van der Waals surface area (Å²) in [6.07, 6.45) is 6.66. The summed E-state index contributed by atoms with van der Waals surface area (Å²) in [6.45, 7) is 0. The van der Waals surface area contributed by atoms with Crippen molar-refractivity contribution in [1.82, 2.24) is 5.32 Å². The number of primary amides is 1. The summed E-state index contributed by atoms with van der Waals surface area (Å²) >= 11 is 0. The highest BCUT2D eigenvalue weighted by molar-refractivity contribution is 5.88. The molecule has 1 atom stereocenters. The number of aliphatic carboxylic acids is 1. The quantitative estimate of drug-likeness (QED) is 0.620. The van der Waals surface area contributed by atoms with E-state index >= 15 is 0 Å². The van der Waals surface area contributed by atoms with Crippen LogP contribution < -0.4 is 11.1 Å². The summed E-state index contributed by atoms with van der Waals surface area (Å²) < 4.78 is 0. The molecule has 0 heterocycles. The number of carboxylic acid groups (broad SMARTS) is 1. The third-order valence-corrected chi connectivity index (χ3v) is 3.49. The maximum Gasteiger partial charge on any atom is 0.326 e. The van der Waals surface area contributed by atoms with E-state index < -0.39 is 17.9 Å². The lowest BCUT2D eigenvalue weighted by atomic mass is 9.96. The topological polar surface area (TPSA) is 109 Å². The molecule has 4 N–H and O–H groups in total. The lowest BCUT2D eigenvalue weighted by Gasteiger charge is -2.16. The lowest BCUT2D eigenvalue weighted by Crippen LogP contribution is -2.43. The van der Waals surface area contributed by atoms with E-state index in [1.165, 1.54) is 12.8 Å². The number of nitrogens with two attached hydrogens (primary N) is 1. The summed E-state index contributed by atoms with van der Waals surface area (Å²) in [5, 5.41) is 11.3. The smallest absolute Gasteiger partial charge is 0.326 e. The molecule has 0 aromatic carbocycles. The van der Waals surface area contributed by atoms with Crippen LogP contribution in [0.2, 0.25) is 0 Å². The van der Waals surface area contributed by atoms with Gasteiger partial charge in [0, 0.05) is 6.42 Å². The Morgan fingerprint density at radius 1 is 1.16 bits per heavy atom. The molecule has 108 valence electrons. The molecule has 0 aromatic heterocycles. The van der Waals surface area contributed by atoms with Gasteiger partial charge in [0.1, 0.15) is 6.04 Å². The average Bonchev–Trinajstić information content (AvgIpc) is 2.56. The second kappa shape index (κ2) is 7.76.